The largest absolute Gasteiger partial charge is 0.349 e. The first-order valence-corrected chi connectivity index (χ1v) is 7.66. The van der Waals surface area contributed by atoms with Gasteiger partial charge in [-0.2, -0.15) is 0 Å². The Morgan fingerprint density at radius 2 is 1.87 bits per heavy atom. The normalized spacial score (nSPS) is 11.7. The van der Waals surface area contributed by atoms with Gasteiger partial charge in [0.15, 0.2) is 0 Å². The number of amides is 1. The summed E-state index contributed by atoms with van der Waals surface area (Å²) in [5.41, 5.74) is 1.32. The maximum atomic E-state index is 12.2. The number of nitro groups is 1. The zero-order valence-corrected chi connectivity index (χ0v) is 13.4. The number of nitro benzene ring substituents is 1. The van der Waals surface area contributed by atoms with Gasteiger partial charge in [0.05, 0.1) is 17.4 Å². The molecule has 2 rings (SSSR count). The van der Waals surface area contributed by atoms with E-state index in [1.807, 2.05) is 19.1 Å². The Kier molecular flexibility index (Phi) is 5.71. The van der Waals surface area contributed by atoms with Gasteiger partial charge in [-0.05, 0) is 24.1 Å². The molecular formula is C17H17ClN2O3. The predicted molar refractivity (Wildman–Crippen MR) is 89.4 cm³/mol. The van der Waals surface area contributed by atoms with Gasteiger partial charge in [0, 0.05) is 16.7 Å². The van der Waals surface area contributed by atoms with Crippen LogP contribution in [0.5, 0.6) is 0 Å². The number of hydrogen-bond donors (Lipinski definition) is 1. The van der Waals surface area contributed by atoms with Gasteiger partial charge in [0.2, 0.25) is 5.91 Å². The summed E-state index contributed by atoms with van der Waals surface area (Å²) in [6.07, 6.45) is 0.686. The molecule has 6 heteroatoms. The molecule has 0 saturated carbocycles. The van der Waals surface area contributed by atoms with Gasteiger partial charge in [-0.15, -0.1) is 0 Å². The molecule has 1 unspecified atom stereocenters. The van der Waals surface area contributed by atoms with Crippen molar-refractivity contribution in [2.75, 3.05) is 0 Å². The third-order valence-electron chi connectivity index (χ3n) is 3.56. The first-order chi connectivity index (χ1) is 11.0. The summed E-state index contributed by atoms with van der Waals surface area (Å²) in [6, 6.07) is 13.4. The molecule has 0 saturated heterocycles. The van der Waals surface area contributed by atoms with E-state index in [9.17, 15) is 14.9 Å². The van der Waals surface area contributed by atoms with Crippen LogP contribution in [-0.4, -0.2) is 10.8 Å². The molecule has 0 aromatic heterocycles. The Hall–Kier alpha value is -2.40. The summed E-state index contributed by atoms with van der Waals surface area (Å²) in [5.74, 6) is -0.249. The second kappa shape index (κ2) is 7.74. The zero-order valence-electron chi connectivity index (χ0n) is 12.7. The first kappa shape index (κ1) is 17.0. The van der Waals surface area contributed by atoms with E-state index in [4.69, 9.17) is 11.6 Å². The smallest absolute Gasteiger partial charge is 0.273 e. The average molecular weight is 333 g/mol. The summed E-state index contributed by atoms with van der Waals surface area (Å²) in [5, 5.41) is 14.5. The number of rotatable bonds is 6. The van der Waals surface area contributed by atoms with E-state index in [0.29, 0.717) is 17.0 Å². The van der Waals surface area contributed by atoms with E-state index in [0.717, 1.165) is 5.56 Å². The van der Waals surface area contributed by atoms with Crippen LogP contribution in [0, 0.1) is 10.1 Å². The average Bonchev–Trinajstić information content (AvgIpc) is 2.54. The molecule has 1 N–H and O–H groups in total. The molecular weight excluding hydrogens is 316 g/mol. The highest BCUT2D eigenvalue weighted by Crippen LogP contribution is 2.21. The van der Waals surface area contributed by atoms with Crippen molar-refractivity contribution in [3.63, 3.8) is 0 Å². The minimum Gasteiger partial charge on any atom is -0.349 e. The van der Waals surface area contributed by atoms with Crippen LogP contribution in [-0.2, 0) is 11.2 Å². The molecule has 0 aliphatic heterocycles. The lowest BCUT2D eigenvalue weighted by molar-refractivity contribution is -0.385. The van der Waals surface area contributed by atoms with E-state index in [-0.39, 0.29) is 24.1 Å². The summed E-state index contributed by atoms with van der Waals surface area (Å²) in [6.45, 7) is 1.96. The zero-order chi connectivity index (χ0) is 16.8. The van der Waals surface area contributed by atoms with Gasteiger partial charge >= 0.3 is 0 Å². The maximum Gasteiger partial charge on any atom is 0.273 e. The lowest BCUT2D eigenvalue weighted by Crippen LogP contribution is -2.29. The Morgan fingerprint density at radius 3 is 2.48 bits per heavy atom. The van der Waals surface area contributed by atoms with Gasteiger partial charge < -0.3 is 5.32 Å². The summed E-state index contributed by atoms with van der Waals surface area (Å²) < 4.78 is 0. The van der Waals surface area contributed by atoms with E-state index < -0.39 is 4.92 Å². The van der Waals surface area contributed by atoms with Crippen LogP contribution in [0.1, 0.15) is 30.5 Å². The summed E-state index contributed by atoms with van der Waals surface area (Å²) in [7, 11) is 0. The monoisotopic (exact) mass is 332 g/mol. The SMILES string of the molecule is CCC(NC(=O)Cc1ccccc1[N+](=O)[O-])c1ccc(Cl)cc1. The van der Waals surface area contributed by atoms with Crippen molar-refractivity contribution in [3.8, 4) is 0 Å². The molecule has 1 amide bonds. The molecule has 0 fully saturated rings. The highest BCUT2D eigenvalue weighted by Gasteiger charge is 2.18. The molecule has 1 atom stereocenters. The Morgan fingerprint density at radius 1 is 1.22 bits per heavy atom. The Balaban J connectivity index is 2.09. The number of nitrogens with one attached hydrogen (secondary N) is 1. The molecule has 0 radical (unpaired) electrons. The highest BCUT2D eigenvalue weighted by molar-refractivity contribution is 6.30. The van der Waals surface area contributed by atoms with E-state index >= 15 is 0 Å². The quantitative estimate of drug-likeness (QED) is 0.640. The van der Waals surface area contributed by atoms with Crippen molar-refractivity contribution in [3.05, 3.63) is 74.8 Å². The topological polar surface area (TPSA) is 72.2 Å². The molecule has 120 valence electrons. The Labute approximate surface area is 139 Å². The van der Waals surface area contributed by atoms with E-state index in [2.05, 4.69) is 5.32 Å². The standard InChI is InChI=1S/C17H17ClN2O3/c1-2-15(12-7-9-14(18)10-8-12)19-17(21)11-13-5-3-4-6-16(13)20(22)23/h3-10,15H,2,11H2,1H3,(H,19,21). The van der Waals surface area contributed by atoms with Crippen LogP contribution in [0.15, 0.2) is 48.5 Å². The molecule has 0 bridgehead atoms. The van der Waals surface area contributed by atoms with Crippen molar-refractivity contribution in [1.29, 1.82) is 0 Å². The molecule has 2 aromatic rings. The van der Waals surface area contributed by atoms with Gasteiger partial charge in [0.1, 0.15) is 0 Å². The summed E-state index contributed by atoms with van der Waals surface area (Å²) in [4.78, 5) is 22.8. The van der Waals surface area contributed by atoms with Crippen molar-refractivity contribution < 1.29 is 9.72 Å². The van der Waals surface area contributed by atoms with E-state index in [1.54, 1.807) is 30.3 Å². The molecule has 0 aliphatic carbocycles. The van der Waals surface area contributed by atoms with Crippen LogP contribution in [0.25, 0.3) is 0 Å². The van der Waals surface area contributed by atoms with Crippen molar-refractivity contribution in [1.82, 2.24) is 5.32 Å². The van der Waals surface area contributed by atoms with Crippen LogP contribution in [0.3, 0.4) is 0 Å². The number of benzene rings is 2. The van der Waals surface area contributed by atoms with Gasteiger partial charge in [-0.1, -0.05) is 48.9 Å². The third kappa shape index (κ3) is 4.53. The molecule has 23 heavy (non-hydrogen) atoms. The number of para-hydroxylation sites is 1. The van der Waals surface area contributed by atoms with Crippen LogP contribution in [0.2, 0.25) is 5.02 Å². The molecule has 0 spiro atoms. The van der Waals surface area contributed by atoms with Crippen molar-refractivity contribution in [2.45, 2.75) is 25.8 Å². The lowest BCUT2D eigenvalue weighted by atomic mass is 10.0. The molecule has 0 aliphatic rings. The van der Waals surface area contributed by atoms with Gasteiger partial charge in [-0.3, -0.25) is 14.9 Å². The fraction of sp³-hybridized carbons (Fsp3) is 0.235. The van der Waals surface area contributed by atoms with E-state index in [1.165, 1.54) is 6.07 Å². The fourth-order valence-corrected chi connectivity index (χ4v) is 2.50. The Bertz CT molecular complexity index is 701. The van der Waals surface area contributed by atoms with Crippen LogP contribution >= 0.6 is 11.6 Å². The number of carbonyl (C=O) groups excluding carboxylic acids is 1. The highest BCUT2D eigenvalue weighted by atomic mass is 35.5. The molecule has 2 aromatic carbocycles. The molecule has 5 nitrogen and oxygen atoms in total. The first-order valence-electron chi connectivity index (χ1n) is 7.28. The minimum absolute atomic E-state index is 0.0265. The van der Waals surface area contributed by atoms with Crippen molar-refractivity contribution in [2.24, 2.45) is 0 Å². The number of hydrogen-bond acceptors (Lipinski definition) is 3. The summed E-state index contributed by atoms with van der Waals surface area (Å²) >= 11 is 5.87. The van der Waals surface area contributed by atoms with Crippen LogP contribution < -0.4 is 5.32 Å². The predicted octanol–water partition coefficient (Wildman–Crippen LogP) is 4.06. The second-order valence-corrected chi connectivity index (χ2v) is 5.58. The van der Waals surface area contributed by atoms with Crippen LogP contribution in [0.4, 0.5) is 5.69 Å². The second-order valence-electron chi connectivity index (χ2n) is 5.14. The maximum absolute atomic E-state index is 12.2. The fourth-order valence-electron chi connectivity index (χ4n) is 2.37. The number of halogens is 1. The number of carbonyl (C=O) groups is 1. The van der Waals surface area contributed by atoms with Gasteiger partial charge in [0.25, 0.3) is 5.69 Å². The van der Waals surface area contributed by atoms with Gasteiger partial charge in [-0.25, -0.2) is 0 Å². The third-order valence-corrected chi connectivity index (χ3v) is 3.81. The van der Waals surface area contributed by atoms with Crippen molar-refractivity contribution >= 4 is 23.2 Å². The molecule has 0 heterocycles. The lowest BCUT2D eigenvalue weighted by Gasteiger charge is -2.17. The number of nitrogens with zero attached hydrogens (tertiary/aromatic N) is 1. The minimum atomic E-state index is -0.473.